The van der Waals surface area contributed by atoms with E-state index >= 15 is 0 Å². The van der Waals surface area contributed by atoms with Crippen LogP contribution in [0.3, 0.4) is 0 Å². The molecule has 6 nitrogen and oxygen atoms in total. The topological polar surface area (TPSA) is 73.2 Å². The second-order valence-corrected chi connectivity index (χ2v) is 7.51. The number of nitrogens with zero attached hydrogens (tertiary/aromatic N) is 2. The van der Waals surface area contributed by atoms with E-state index in [1.165, 1.54) is 12.1 Å². The van der Waals surface area contributed by atoms with Crippen molar-refractivity contribution in [2.45, 2.75) is 13.8 Å². The first-order chi connectivity index (χ1) is 13.7. The number of aryl methyl sites for hydroxylation is 2. The zero-order valence-corrected chi connectivity index (χ0v) is 17.8. The number of anilines is 1. The number of aromatic nitrogens is 2. The molecule has 0 fully saturated rings. The van der Waals surface area contributed by atoms with Crippen LogP contribution in [-0.4, -0.2) is 28.3 Å². The normalized spacial score (nSPS) is 10.7. The summed E-state index contributed by atoms with van der Waals surface area (Å²) in [6.07, 6.45) is 0. The molecule has 3 aromatic rings. The fourth-order valence-electron chi connectivity index (χ4n) is 2.68. The number of halogens is 3. The molecule has 1 amide bonds. The molecule has 0 aliphatic carbocycles. The van der Waals surface area contributed by atoms with E-state index in [1.54, 1.807) is 28.9 Å². The van der Waals surface area contributed by atoms with Crippen LogP contribution in [0.2, 0.25) is 15.1 Å². The molecular weight excluding hydrogens is 437 g/mol. The quantitative estimate of drug-likeness (QED) is 0.537. The summed E-state index contributed by atoms with van der Waals surface area (Å²) in [6, 6.07) is 11.6. The van der Waals surface area contributed by atoms with Crippen LogP contribution in [0.5, 0.6) is 0 Å². The minimum atomic E-state index is -0.631. The molecule has 0 unspecified atom stereocenters. The molecule has 2 aromatic carbocycles. The van der Waals surface area contributed by atoms with Crippen molar-refractivity contribution in [3.8, 4) is 5.69 Å². The smallest absolute Gasteiger partial charge is 0.338 e. The number of hydrogen-bond donors (Lipinski definition) is 1. The Morgan fingerprint density at radius 3 is 2.21 bits per heavy atom. The SMILES string of the molecule is Cc1cc(C)n(-c2ccc(C(=O)OCC(=O)Nc3c(Cl)cc(Cl)cc3Cl)cc2)n1. The number of hydrogen-bond acceptors (Lipinski definition) is 4. The number of nitrogens with one attached hydrogen (secondary N) is 1. The maximum absolute atomic E-state index is 12.2. The van der Waals surface area contributed by atoms with Gasteiger partial charge in [0.15, 0.2) is 6.61 Å². The summed E-state index contributed by atoms with van der Waals surface area (Å²) in [5.41, 5.74) is 3.21. The molecule has 0 aliphatic rings. The lowest BCUT2D eigenvalue weighted by molar-refractivity contribution is -0.119. The number of carbonyl (C=O) groups excluding carboxylic acids is 2. The number of rotatable bonds is 5. The number of carbonyl (C=O) groups is 2. The average molecular weight is 453 g/mol. The van der Waals surface area contributed by atoms with Gasteiger partial charge in [-0.2, -0.15) is 5.10 Å². The predicted molar refractivity (Wildman–Crippen MR) is 113 cm³/mol. The van der Waals surface area contributed by atoms with Gasteiger partial charge in [0.25, 0.3) is 5.91 Å². The van der Waals surface area contributed by atoms with Gasteiger partial charge in [0.2, 0.25) is 0 Å². The monoisotopic (exact) mass is 451 g/mol. The molecule has 0 atom stereocenters. The van der Waals surface area contributed by atoms with Crippen molar-refractivity contribution >= 4 is 52.4 Å². The Hall–Kier alpha value is -2.54. The van der Waals surface area contributed by atoms with Crippen molar-refractivity contribution < 1.29 is 14.3 Å². The zero-order valence-electron chi connectivity index (χ0n) is 15.5. The average Bonchev–Trinajstić information content (AvgIpc) is 3.01. The summed E-state index contributed by atoms with van der Waals surface area (Å²) >= 11 is 17.9. The minimum Gasteiger partial charge on any atom is -0.452 e. The molecular formula is C20H16Cl3N3O3. The molecule has 1 N–H and O–H groups in total. The fourth-order valence-corrected chi connectivity index (χ4v) is 3.59. The van der Waals surface area contributed by atoms with Crippen LogP contribution in [-0.2, 0) is 9.53 Å². The van der Waals surface area contributed by atoms with E-state index in [4.69, 9.17) is 39.5 Å². The summed E-state index contributed by atoms with van der Waals surface area (Å²) in [4.78, 5) is 24.3. The molecule has 0 bridgehead atoms. The Morgan fingerprint density at radius 1 is 1.03 bits per heavy atom. The van der Waals surface area contributed by atoms with E-state index in [2.05, 4.69) is 10.4 Å². The van der Waals surface area contributed by atoms with Crippen LogP contribution in [0, 0.1) is 13.8 Å². The third kappa shape index (κ3) is 5.09. The molecule has 150 valence electrons. The number of benzene rings is 2. The highest BCUT2D eigenvalue weighted by Crippen LogP contribution is 2.33. The van der Waals surface area contributed by atoms with Crippen molar-refractivity contribution in [2.75, 3.05) is 11.9 Å². The zero-order chi connectivity index (χ0) is 21.1. The summed E-state index contributed by atoms with van der Waals surface area (Å²) < 4.78 is 6.83. The molecule has 0 saturated carbocycles. The van der Waals surface area contributed by atoms with Crippen molar-refractivity contribution in [3.05, 3.63) is 74.5 Å². The van der Waals surface area contributed by atoms with Crippen molar-refractivity contribution in [3.63, 3.8) is 0 Å². The summed E-state index contributed by atoms with van der Waals surface area (Å²) in [7, 11) is 0. The third-order valence-electron chi connectivity index (χ3n) is 3.96. The summed E-state index contributed by atoms with van der Waals surface area (Å²) in [5, 5.41) is 7.60. The Kier molecular flexibility index (Phi) is 6.47. The van der Waals surface area contributed by atoms with E-state index in [1.807, 2.05) is 19.9 Å². The molecule has 29 heavy (non-hydrogen) atoms. The maximum Gasteiger partial charge on any atom is 0.338 e. The summed E-state index contributed by atoms with van der Waals surface area (Å²) in [6.45, 7) is 3.36. The van der Waals surface area contributed by atoms with E-state index in [0.29, 0.717) is 10.6 Å². The highest BCUT2D eigenvalue weighted by molar-refractivity contribution is 6.42. The van der Waals surface area contributed by atoms with Gasteiger partial charge in [-0.05, 0) is 56.3 Å². The van der Waals surface area contributed by atoms with Crippen LogP contribution in [0.1, 0.15) is 21.7 Å². The predicted octanol–water partition coefficient (Wildman–Crippen LogP) is 5.24. The lowest BCUT2D eigenvalue weighted by atomic mass is 10.2. The van der Waals surface area contributed by atoms with Gasteiger partial charge in [-0.25, -0.2) is 9.48 Å². The Balaban J connectivity index is 1.61. The van der Waals surface area contributed by atoms with Gasteiger partial charge in [-0.3, -0.25) is 4.79 Å². The van der Waals surface area contributed by atoms with Crippen LogP contribution >= 0.6 is 34.8 Å². The molecule has 1 aromatic heterocycles. The molecule has 1 heterocycles. The Labute approximate surface area is 182 Å². The second-order valence-electron chi connectivity index (χ2n) is 6.25. The second kappa shape index (κ2) is 8.86. The van der Waals surface area contributed by atoms with Gasteiger partial charge in [-0.1, -0.05) is 34.8 Å². The highest BCUT2D eigenvalue weighted by atomic mass is 35.5. The number of amides is 1. The van der Waals surface area contributed by atoms with Gasteiger partial charge in [0.05, 0.1) is 32.7 Å². The van der Waals surface area contributed by atoms with Gasteiger partial charge >= 0.3 is 5.97 Å². The Morgan fingerprint density at radius 2 is 1.66 bits per heavy atom. The van der Waals surface area contributed by atoms with Gasteiger partial charge < -0.3 is 10.1 Å². The van der Waals surface area contributed by atoms with Crippen molar-refractivity contribution in [2.24, 2.45) is 0 Å². The lowest BCUT2D eigenvalue weighted by Gasteiger charge is -2.10. The van der Waals surface area contributed by atoms with Gasteiger partial charge in [0, 0.05) is 10.7 Å². The maximum atomic E-state index is 12.2. The lowest BCUT2D eigenvalue weighted by Crippen LogP contribution is -2.21. The van der Waals surface area contributed by atoms with Crippen molar-refractivity contribution in [1.29, 1.82) is 0 Å². The first-order valence-corrected chi connectivity index (χ1v) is 9.63. The fraction of sp³-hybridized carbons (Fsp3) is 0.150. The first kappa shape index (κ1) is 21.2. The largest absolute Gasteiger partial charge is 0.452 e. The standard InChI is InChI=1S/C20H16Cl3N3O3/c1-11-7-12(2)26(25-11)15-5-3-13(4-6-15)20(28)29-10-18(27)24-19-16(22)8-14(21)9-17(19)23/h3-9H,10H2,1-2H3,(H,24,27). The van der Waals surface area contributed by atoms with E-state index in [0.717, 1.165) is 17.1 Å². The van der Waals surface area contributed by atoms with Crippen LogP contribution in [0.15, 0.2) is 42.5 Å². The molecule has 0 saturated heterocycles. The highest BCUT2D eigenvalue weighted by Gasteiger charge is 2.14. The van der Waals surface area contributed by atoms with Crippen LogP contribution < -0.4 is 5.32 Å². The number of esters is 1. The van der Waals surface area contributed by atoms with Crippen LogP contribution in [0.4, 0.5) is 5.69 Å². The number of ether oxygens (including phenoxy) is 1. The van der Waals surface area contributed by atoms with Gasteiger partial charge in [0.1, 0.15) is 0 Å². The molecule has 9 heteroatoms. The molecule has 0 spiro atoms. The van der Waals surface area contributed by atoms with E-state index in [9.17, 15) is 9.59 Å². The first-order valence-electron chi connectivity index (χ1n) is 8.50. The third-order valence-corrected chi connectivity index (χ3v) is 4.78. The minimum absolute atomic E-state index is 0.182. The Bertz CT molecular complexity index is 1060. The van der Waals surface area contributed by atoms with Gasteiger partial charge in [-0.15, -0.1) is 0 Å². The molecule has 0 aliphatic heterocycles. The van der Waals surface area contributed by atoms with Crippen LogP contribution in [0.25, 0.3) is 5.69 Å². The van der Waals surface area contributed by atoms with Crippen molar-refractivity contribution in [1.82, 2.24) is 9.78 Å². The molecule has 0 radical (unpaired) electrons. The summed E-state index contributed by atoms with van der Waals surface area (Å²) in [5.74, 6) is -1.21. The van der Waals surface area contributed by atoms with E-state index in [-0.39, 0.29) is 15.7 Å². The van der Waals surface area contributed by atoms with E-state index < -0.39 is 18.5 Å². The molecule has 3 rings (SSSR count).